The summed E-state index contributed by atoms with van der Waals surface area (Å²) in [4.78, 5) is 1.16. The lowest BCUT2D eigenvalue weighted by molar-refractivity contribution is 0.763. The fraction of sp³-hybridized carbons (Fsp3) is 0.350. The molecule has 1 aromatic carbocycles. The standard InChI is InChI=1S/C20H26S2/c1-15(2)9-6-7-12-20(21)22-19(16(3)4)14-18-11-8-10-17(5)13-18/h8,10-11,13-14H,1,3,6-7,9,12H2,2,4-5H3/b19-14-. The maximum absolute atomic E-state index is 5.53. The Morgan fingerprint density at radius 3 is 2.45 bits per heavy atom. The molecule has 0 nitrogen and oxygen atoms in total. The van der Waals surface area contributed by atoms with Crippen LogP contribution in [-0.2, 0) is 0 Å². The van der Waals surface area contributed by atoms with Crippen LogP contribution in [0, 0.1) is 6.92 Å². The maximum Gasteiger partial charge on any atom is 0.0527 e. The van der Waals surface area contributed by atoms with E-state index >= 15 is 0 Å². The number of aryl methyl sites for hydroxylation is 1. The zero-order chi connectivity index (χ0) is 16.5. The molecule has 1 rings (SSSR count). The number of allylic oxidation sites excluding steroid dienone is 2. The number of thioether (sulfide) groups is 1. The average Bonchev–Trinajstić information content (AvgIpc) is 2.42. The van der Waals surface area contributed by atoms with Crippen LogP contribution in [0.1, 0.15) is 50.7 Å². The third-order valence-electron chi connectivity index (χ3n) is 3.22. The van der Waals surface area contributed by atoms with E-state index in [1.54, 1.807) is 11.8 Å². The Morgan fingerprint density at radius 2 is 1.86 bits per heavy atom. The van der Waals surface area contributed by atoms with Crippen LogP contribution in [0.2, 0.25) is 0 Å². The van der Waals surface area contributed by atoms with Gasteiger partial charge in [-0.2, -0.15) is 0 Å². The van der Waals surface area contributed by atoms with Gasteiger partial charge in [-0.1, -0.05) is 66.0 Å². The first kappa shape index (κ1) is 18.9. The third-order valence-corrected chi connectivity index (χ3v) is 4.79. The molecule has 0 atom stereocenters. The van der Waals surface area contributed by atoms with Crippen LogP contribution in [0.3, 0.4) is 0 Å². The van der Waals surface area contributed by atoms with Gasteiger partial charge in [0, 0.05) is 4.91 Å². The monoisotopic (exact) mass is 330 g/mol. The Balaban J connectivity index is 2.62. The molecule has 0 radical (unpaired) electrons. The van der Waals surface area contributed by atoms with Gasteiger partial charge in [0.25, 0.3) is 0 Å². The van der Waals surface area contributed by atoms with Crippen molar-refractivity contribution >= 4 is 34.3 Å². The lowest BCUT2D eigenvalue weighted by atomic mass is 10.1. The van der Waals surface area contributed by atoms with Gasteiger partial charge in [0.2, 0.25) is 0 Å². The van der Waals surface area contributed by atoms with Gasteiger partial charge >= 0.3 is 0 Å². The molecule has 0 heterocycles. The molecule has 0 aliphatic heterocycles. The van der Waals surface area contributed by atoms with E-state index in [2.05, 4.69) is 57.3 Å². The van der Waals surface area contributed by atoms with Crippen LogP contribution in [0.25, 0.3) is 6.08 Å². The first-order valence-corrected chi connectivity index (χ1v) is 8.90. The smallest absolute Gasteiger partial charge is 0.0527 e. The lowest BCUT2D eigenvalue weighted by Gasteiger charge is -2.09. The van der Waals surface area contributed by atoms with E-state index in [4.69, 9.17) is 12.2 Å². The van der Waals surface area contributed by atoms with Gasteiger partial charge in [0.05, 0.1) is 4.20 Å². The van der Waals surface area contributed by atoms with E-state index in [0.29, 0.717) is 0 Å². The molecule has 0 fully saturated rings. The summed E-state index contributed by atoms with van der Waals surface area (Å²) in [7, 11) is 0. The van der Waals surface area contributed by atoms with Crippen molar-refractivity contribution in [2.45, 2.75) is 46.5 Å². The molecular weight excluding hydrogens is 304 g/mol. The maximum atomic E-state index is 5.53. The Kier molecular flexibility index (Phi) is 8.44. The molecule has 0 aliphatic rings. The molecule has 0 spiro atoms. The fourth-order valence-corrected chi connectivity index (χ4v) is 3.30. The normalized spacial score (nSPS) is 11.3. The van der Waals surface area contributed by atoms with Crippen molar-refractivity contribution in [2.75, 3.05) is 0 Å². The topological polar surface area (TPSA) is 0 Å². The number of unbranched alkanes of at least 4 members (excludes halogenated alkanes) is 1. The minimum atomic E-state index is 0.978. The van der Waals surface area contributed by atoms with Gasteiger partial charge in [-0.15, -0.1) is 6.58 Å². The second-order valence-corrected chi connectivity index (χ2v) is 7.73. The van der Waals surface area contributed by atoms with E-state index in [1.165, 1.54) is 23.1 Å². The molecule has 2 heteroatoms. The summed E-state index contributed by atoms with van der Waals surface area (Å²) in [5, 5.41) is 0. The van der Waals surface area contributed by atoms with Gasteiger partial charge < -0.3 is 0 Å². The van der Waals surface area contributed by atoms with Gasteiger partial charge in [-0.05, 0) is 63.7 Å². The molecular formula is C20H26S2. The van der Waals surface area contributed by atoms with Crippen LogP contribution in [-0.4, -0.2) is 4.20 Å². The van der Waals surface area contributed by atoms with E-state index in [9.17, 15) is 0 Å². The summed E-state index contributed by atoms with van der Waals surface area (Å²) in [5.41, 5.74) is 4.79. The zero-order valence-corrected chi connectivity index (χ0v) is 15.6. The molecule has 118 valence electrons. The van der Waals surface area contributed by atoms with Gasteiger partial charge in [-0.25, -0.2) is 0 Å². The summed E-state index contributed by atoms with van der Waals surface area (Å²) in [6, 6.07) is 8.49. The van der Waals surface area contributed by atoms with Crippen LogP contribution in [0.15, 0.2) is 53.5 Å². The number of benzene rings is 1. The second kappa shape index (κ2) is 9.81. The molecule has 0 saturated heterocycles. The second-order valence-electron chi connectivity index (χ2n) is 5.84. The van der Waals surface area contributed by atoms with Crippen molar-refractivity contribution in [1.82, 2.24) is 0 Å². The van der Waals surface area contributed by atoms with Gasteiger partial charge in [0.1, 0.15) is 0 Å². The third kappa shape index (κ3) is 7.77. The van der Waals surface area contributed by atoms with Crippen molar-refractivity contribution in [3.8, 4) is 0 Å². The summed E-state index contributed by atoms with van der Waals surface area (Å²) >= 11 is 7.21. The number of thiocarbonyl (C=S) groups is 1. The van der Waals surface area contributed by atoms with Crippen molar-refractivity contribution in [3.05, 3.63) is 64.6 Å². The molecule has 0 N–H and O–H groups in total. The predicted octanol–water partition coefficient (Wildman–Crippen LogP) is 7.11. The van der Waals surface area contributed by atoms with Gasteiger partial charge in [-0.3, -0.25) is 0 Å². The van der Waals surface area contributed by atoms with E-state index in [-0.39, 0.29) is 0 Å². The predicted molar refractivity (Wildman–Crippen MR) is 107 cm³/mol. The summed E-state index contributed by atoms with van der Waals surface area (Å²) < 4.78 is 1.05. The SMILES string of the molecule is C=C(C)CCCCC(=S)S/C(=C\c1cccc(C)c1)C(=C)C. The van der Waals surface area contributed by atoms with Crippen LogP contribution in [0.5, 0.6) is 0 Å². The highest BCUT2D eigenvalue weighted by atomic mass is 32.2. The summed E-state index contributed by atoms with van der Waals surface area (Å²) in [5.74, 6) is 0. The van der Waals surface area contributed by atoms with Crippen molar-refractivity contribution in [1.29, 1.82) is 0 Å². The van der Waals surface area contributed by atoms with E-state index < -0.39 is 0 Å². The number of hydrogen-bond donors (Lipinski definition) is 0. The molecule has 0 amide bonds. The highest BCUT2D eigenvalue weighted by Crippen LogP contribution is 2.29. The lowest BCUT2D eigenvalue weighted by Crippen LogP contribution is -1.91. The number of hydrogen-bond acceptors (Lipinski definition) is 2. The molecule has 22 heavy (non-hydrogen) atoms. The molecule has 0 aliphatic carbocycles. The summed E-state index contributed by atoms with van der Waals surface area (Å²) in [6.07, 6.45) is 6.55. The Labute approximate surface area is 145 Å². The molecule has 0 unspecified atom stereocenters. The zero-order valence-electron chi connectivity index (χ0n) is 13.9. The minimum absolute atomic E-state index is 0.978. The van der Waals surface area contributed by atoms with Gasteiger partial charge in [0.15, 0.2) is 0 Å². The molecule has 0 saturated carbocycles. The summed E-state index contributed by atoms with van der Waals surface area (Å²) in [6.45, 7) is 14.3. The number of rotatable bonds is 8. The first-order valence-electron chi connectivity index (χ1n) is 7.68. The Bertz CT molecular complexity index is 579. The molecule has 0 aromatic heterocycles. The molecule has 0 bridgehead atoms. The quantitative estimate of drug-likeness (QED) is 0.215. The molecule has 1 aromatic rings. The van der Waals surface area contributed by atoms with Crippen molar-refractivity contribution in [2.24, 2.45) is 0 Å². The largest absolute Gasteiger partial charge is 0.100 e. The highest BCUT2D eigenvalue weighted by molar-refractivity contribution is 8.25. The Morgan fingerprint density at radius 1 is 1.18 bits per heavy atom. The van der Waals surface area contributed by atoms with Crippen LogP contribution in [0.4, 0.5) is 0 Å². The minimum Gasteiger partial charge on any atom is -0.100 e. The van der Waals surface area contributed by atoms with Crippen molar-refractivity contribution in [3.63, 3.8) is 0 Å². The van der Waals surface area contributed by atoms with E-state index in [0.717, 1.165) is 33.9 Å². The average molecular weight is 331 g/mol. The fourth-order valence-electron chi connectivity index (χ4n) is 2.02. The van der Waals surface area contributed by atoms with E-state index in [1.807, 2.05) is 6.92 Å². The highest BCUT2D eigenvalue weighted by Gasteiger charge is 2.05. The van der Waals surface area contributed by atoms with Crippen molar-refractivity contribution < 1.29 is 0 Å². The Hall–Kier alpha value is -1.12. The van der Waals surface area contributed by atoms with Crippen LogP contribution < -0.4 is 0 Å². The van der Waals surface area contributed by atoms with Crippen LogP contribution >= 0.6 is 24.0 Å². The first-order chi connectivity index (χ1) is 10.4.